The Morgan fingerprint density at radius 2 is 1.23 bits per heavy atom. The minimum atomic E-state index is -0.604. The maximum Gasteiger partial charge on any atom is 0.209 e. The van der Waals surface area contributed by atoms with Crippen LogP contribution >= 0.6 is 75.3 Å². The van der Waals surface area contributed by atoms with Gasteiger partial charge in [0.25, 0.3) is 0 Å². The molecule has 0 unspecified atom stereocenters. The first-order valence-electron chi connectivity index (χ1n) is 18.4. The third kappa shape index (κ3) is 7.95. The molecule has 4 aromatic rings. The first-order chi connectivity index (χ1) is 25.9. The summed E-state index contributed by atoms with van der Waals surface area (Å²) in [4.78, 5) is 40.4. The number of hydrogen-bond donors (Lipinski definition) is 0. The van der Waals surface area contributed by atoms with Crippen molar-refractivity contribution in [3.63, 3.8) is 0 Å². The molecule has 52 heavy (non-hydrogen) atoms. The SMILES string of the molecule is [3H]C(=O)N1CCN([C@@H]2c3ncc(Br)cc3CCc3cc(C)cc(Br)c32)CC1.[3H]C(=O)N1CCN([C@H]2c3ccc(Cl)c(Br)c3CCc3cc(Br)cnc32)CC1. The lowest BCUT2D eigenvalue weighted by Crippen LogP contribution is -2.47. The van der Waals surface area contributed by atoms with Crippen molar-refractivity contribution in [2.45, 2.75) is 44.7 Å². The van der Waals surface area contributed by atoms with Crippen molar-refractivity contribution >= 4 is 88.1 Å². The third-order valence-electron chi connectivity index (χ3n) is 10.5. The molecule has 0 radical (unpaired) electrons. The Balaban J connectivity index is 0.000000167. The van der Waals surface area contributed by atoms with Gasteiger partial charge in [0.2, 0.25) is 12.8 Å². The average molecular weight is 983 g/mol. The van der Waals surface area contributed by atoms with Gasteiger partial charge in [0.1, 0.15) is 2.74 Å². The number of nitrogens with zero attached hydrogens (tertiary/aromatic N) is 6. The molecule has 2 amide bonds. The fourth-order valence-corrected chi connectivity index (χ4v) is 10.3. The van der Waals surface area contributed by atoms with Crippen LogP contribution in [0.25, 0.3) is 0 Å². The summed E-state index contributed by atoms with van der Waals surface area (Å²) < 4.78 is 18.8. The van der Waals surface area contributed by atoms with Crippen molar-refractivity contribution in [2.75, 3.05) is 52.4 Å². The van der Waals surface area contributed by atoms with Crippen molar-refractivity contribution in [1.82, 2.24) is 29.6 Å². The number of aromatic nitrogens is 2. The highest BCUT2D eigenvalue weighted by Crippen LogP contribution is 2.43. The fraction of sp³-hybridized carbons (Fsp3) is 0.385. The second kappa shape index (κ2) is 16.7. The summed E-state index contributed by atoms with van der Waals surface area (Å²) in [7, 11) is 0. The van der Waals surface area contributed by atoms with Crippen LogP contribution in [-0.4, -0.2) is 94.7 Å². The molecule has 0 bridgehead atoms. The Morgan fingerprint density at radius 3 is 1.81 bits per heavy atom. The monoisotopic (exact) mass is 978 g/mol. The molecule has 0 spiro atoms. The average Bonchev–Trinajstić information content (AvgIpc) is 3.41. The number of benzene rings is 2. The maximum atomic E-state index is 11.4. The Kier molecular flexibility index (Phi) is 11.4. The molecule has 2 aliphatic carbocycles. The Bertz CT molecular complexity index is 2090. The highest BCUT2D eigenvalue weighted by Gasteiger charge is 2.35. The van der Waals surface area contributed by atoms with Crippen molar-refractivity contribution < 1.29 is 12.3 Å². The Labute approximate surface area is 346 Å². The molecule has 2 aromatic carbocycles. The van der Waals surface area contributed by atoms with Gasteiger partial charge < -0.3 is 9.80 Å². The summed E-state index contributed by atoms with van der Waals surface area (Å²) in [5, 5.41) is 0.720. The number of piperazine rings is 2. The number of halogens is 5. The van der Waals surface area contributed by atoms with E-state index >= 15 is 0 Å². The maximum absolute atomic E-state index is 11.4. The lowest BCUT2D eigenvalue weighted by atomic mass is 9.94. The van der Waals surface area contributed by atoms with Crippen LogP contribution in [0.15, 0.2) is 66.7 Å². The van der Waals surface area contributed by atoms with E-state index in [0.717, 1.165) is 73.1 Å². The minimum Gasteiger partial charge on any atom is -0.343 e. The molecule has 4 heterocycles. The molecular weight excluding hydrogens is 940 g/mol. The largest absolute Gasteiger partial charge is 0.343 e. The first kappa shape index (κ1) is 35.5. The summed E-state index contributed by atoms with van der Waals surface area (Å²) in [6, 6.07) is 12.9. The molecule has 2 fully saturated rings. The van der Waals surface area contributed by atoms with Gasteiger partial charge >= 0.3 is 0 Å². The van der Waals surface area contributed by atoms with Crippen LogP contribution in [0, 0.1) is 6.92 Å². The van der Waals surface area contributed by atoms with Crippen molar-refractivity contribution in [3.8, 4) is 0 Å². The summed E-state index contributed by atoms with van der Waals surface area (Å²) in [6.45, 7) is 7.35. The van der Waals surface area contributed by atoms with E-state index in [9.17, 15) is 9.59 Å². The van der Waals surface area contributed by atoms with Gasteiger partial charge in [-0.15, -0.1) is 0 Å². The van der Waals surface area contributed by atoms with Gasteiger partial charge in [-0.2, -0.15) is 0 Å². The summed E-state index contributed by atoms with van der Waals surface area (Å²) in [6.07, 6.45) is 6.28. The Morgan fingerprint density at radius 1 is 0.712 bits per heavy atom. The van der Waals surface area contributed by atoms with Gasteiger partial charge in [0.05, 0.1) is 28.5 Å². The quantitative estimate of drug-likeness (QED) is 0.189. The van der Waals surface area contributed by atoms with E-state index in [2.05, 4.69) is 111 Å². The number of fused-ring (bicyclic) bond motifs is 4. The molecule has 272 valence electrons. The van der Waals surface area contributed by atoms with Crippen molar-refractivity contribution in [1.29, 1.82) is 0 Å². The summed E-state index contributed by atoms with van der Waals surface area (Å²) in [5.74, 6) is 0. The van der Waals surface area contributed by atoms with Gasteiger partial charge in [0, 0.05) is 82.6 Å². The zero-order valence-electron chi connectivity index (χ0n) is 30.6. The second-order valence-electron chi connectivity index (χ2n) is 13.7. The number of hydrogen-bond acceptors (Lipinski definition) is 6. The molecule has 2 aromatic heterocycles. The zero-order valence-corrected chi connectivity index (χ0v) is 35.7. The van der Waals surface area contributed by atoms with Crippen LogP contribution in [0.1, 0.15) is 65.2 Å². The fourth-order valence-electron chi connectivity index (χ4n) is 8.01. The predicted octanol–water partition coefficient (Wildman–Crippen LogP) is 8.10. The standard InChI is InChI=1S/C20H21Br2N3O.C19H18Br2ClN3O/c1-13-8-14-2-3-15-10-16(21)11-23-19(15)20(18(14)17(22)9-13)25-6-4-24(12-26)5-7-25;20-13-9-12-1-2-14-15(3-4-16(22)17(14)21)19(18(12)23-10-13)25-7-5-24(11-26)6-8-25/h8-12,20H,2-7H2,1H3;3-4,9-11,19H,1-2,5-8H2/t20-;19-/m00/s1/i12T;11T. The molecule has 8 rings (SSSR count). The summed E-state index contributed by atoms with van der Waals surface area (Å²) >= 11 is 21.0. The highest BCUT2D eigenvalue weighted by molar-refractivity contribution is 9.11. The molecule has 2 atom stereocenters. The van der Waals surface area contributed by atoms with Gasteiger partial charge in [0.15, 0.2) is 0 Å². The predicted molar refractivity (Wildman–Crippen MR) is 219 cm³/mol. The van der Waals surface area contributed by atoms with Crippen LogP contribution in [0.2, 0.25) is 5.02 Å². The second-order valence-corrected chi connectivity index (χ2v) is 17.6. The molecule has 2 aliphatic heterocycles. The molecular formula is C39H39Br4ClN6O2. The van der Waals surface area contributed by atoms with Crippen molar-refractivity contribution in [2.24, 2.45) is 0 Å². The van der Waals surface area contributed by atoms with E-state index in [1.807, 2.05) is 18.5 Å². The summed E-state index contributed by atoms with van der Waals surface area (Å²) in [5.41, 5.74) is 11.0. The number of amides is 2. The Hall–Kier alpha value is -2.19. The molecule has 4 aliphatic rings. The molecule has 2 saturated heterocycles. The zero-order chi connectivity index (χ0) is 38.3. The lowest BCUT2D eigenvalue weighted by molar-refractivity contribution is -0.120. The van der Waals surface area contributed by atoms with Crippen LogP contribution in [0.3, 0.4) is 0 Å². The molecule has 13 heteroatoms. The van der Waals surface area contributed by atoms with Gasteiger partial charge in [-0.3, -0.25) is 29.4 Å². The van der Waals surface area contributed by atoms with Crippen LogP contribution in [-0.2, 0) is 35.3 Å². The topological polar surface area (TPSA) is 72.9 Å². The van der Waals surface area contributed by atoms with Gasteiger partial charge in [-0.1, -0.05) is 39.7 Å². The van der Waals surface area contributed by atoms with E-state index in [4.69, 9.17) is 24.3 Å². The number of aryl methyl sites for hydroxylation is 4. The van der Waals surface area contributed by atoms with Crippen LogP contribution < -0.4 is 0 Å². The van der Waals surface area contributed by atoms with E-state index < -0.39 is 12.8 Å². The minimum absolute atomic E-state index is 0.0159. The highest BCUT2D eigenvalue weighted by atomic mass is 79.9. The third-order valence-corrected chi connectivity index (χ3v) is 13.5. The lowest BCUT2D eigenvalue weighted by Gasteiger charge is -2.39. The van der Waals surface area contributed by atoms with Crippen LogP contribution in [0.4, 0.5) is 0 Å². The normalized spacial score (nSPS) is 20.8. The van der Waals surface area contributed by atoms with Crippen molar-refractivity contribution in [3.05, 3.63) is 122 Å². The number of carbonyl (C=O) groups is 2. The van der Waals surface area contributed by atoms with E-state index in [-0.39, 0.29) is 12.1 Å². The number of pyridine rings is 2. The van der Waals surface area contributed by atoms with Crippen LogP contribution in [0.5, 0.6) is 0 Å². The number of rotatable bonds is 2. The first-order valence-corrected chi connectivity index (χ1v) is 21.0. The van der Waals surface area contributed by atoms with Gasteiger partial charge in [-0.25, -0.2) is 0 Å². The van der Waals surface area contributed by atoms with E-state index in [1.165, 1.54) is 38.9 Å². The van der Waals surface area contributed by atoms with E-state index in [1.54, 1.807) is 9.80 Å². The number of carbonyl (C=O) groups excluding carboxylic acids is 2. The molecule has 8 nitrogen and oxygen atoms in total. The molecule has 0 saturated carbocycles. The van der Waals surface area contributed by atoms with Gasteiger partial charge in [-0.05, 0) is 144 Å². The molecule has 0 N–H and O–H groups in total. The smallest absolute Gasteiger partial charge is 0.209 e. The van der Waals surface area contributed by atoms with E-state index in [0.29, 0.717) is 39.3 Å².